The number of anilines is 1. The summed E-state index contributed by atoms with van der Waals surface area (Å²) >= 11 is 0. The van der Waals surface area contributed by atoms with Crippen molar-refractivity contribution in [2.24, 2.45) is 0 Å². The second kappa shape index (κ2) is 1.19. The summed E-state index contributed by atoms with van der Waals surface area (Å²) in [6.45, 7) is 0.704. The normalized spacial score (nSPS) is 15.5. The molecule has 5 heteroatoms. The largest absolute Gasteiger partial charge is 0.288 e. The van der Waals surface area contributed by atoms with Crippen LogP contribution < -0.4 is 10.9 Å². The summed E-state index contributed by atoms with van der Waals surface area (Å²) < 4.78 is 1.74. The van der Waals surface area contributed by atoms with Crippen molar-refractivity contribution in [1.82, 2.24) is 20.2 Å². The van der Waals surface area contributed by atoms with Crippen LogP contribution in [0.2, 0.25) is 0 Å². The minimum absolute atomic E-state index is 0.704. The smallest absolute Gasteiger partial charge is 0.237 e. The van der Waals surface area contributed by atoms with Crippen LogP contribution in [0.25, 0.3) is 0 Å². The van der Waals surface area contributed by atoms with Gasteiger partial charge in [-0.25, -0.2) is 10.1 Å². The van der Waals surface area contributed by atoms with E-state index in [0.717, 1.165) is 5.95 Å². The summed E-state index contributed by atoms with van der Waals surface area (Å²) in [6, 6.07) is 0. The molecule has 1 aliphatic heterocycles. The molecule has 1 aromatic heterocycles. The number of hydrazine groups is 1. The summed E-state index contributed by atoms with van der Waals surface area (Å²) in [5.74, 6) is 0.782. The van der Waals surface area contributed by atoms with Crippen LogP contribution in [0.4, 0.5) is 5.95 Å². The van der Waals surface area contributed by atoms with Gasteiger partial charge in [0, 0.05) is 0 Å². The van der Waals surface area contributed by atoms with Crippen LogP contribution in [-0.2, 0) is 6.67 Å². The lowest BCUT2D eigenvalue weighted by Crippen LogP contribution is -2.13. The predicted molar refractivity (Wildman–Crippen MR) is 26.8 cm³/mol. The SMILES string of the molecule is c1nc2n(n1)CNN2. The highest BCUT2D eigenvalue weighted by Crippen LogP contribution is 2.01. The van der Waals surface area contributed by atoms with E-state index >= 15 is 0 Å². The standard InChI is InChI=1S/C3H5N5/c1-4-3-7-5-2-8(3)6-1/h1,5H,2H2,(H,4,6,7). The van der Waals surface area contributed by atoms with E-state index < -0.39 is 0 Å². The van der Waals surface area contributed by atoms with Crippen LogP contribution in [0.15, 0.2) is 6.33 Å². The Hall–Kier alpha value is -1.10. The third-order valence-electron chi connectivity index (χ3n) is 1.04. The summed E-state index contributed by atoms with van der Waals surface area (Å²) in [5, 5.41) is 3.88. The number of rotatable bonds is 0. The molecule has 0 spiro atoms. The molecule has 1 aliphatic rings. The van der Waals surface area contributed by atoms with Gasteiger partial charge in [-0.3, -0.25) is 5.43 Å². The molecule has 0 saturated carbocycles. The fourth-order valence-electron chi connectivity index (χ4n) is 0.670. The molecule has 0 aliphatic carbocycles. The Labute approximate surface area is 45.7 Å². The Morgan fingerprint density at radius 3 is 3.62 bits per heavy atom. The molecule has 0 amide bonds. The summed E-state index contributed by atoms with van der Waals surface area (Å²) in [4.78, 5) is 3.88. The van der Waals surface area contributed by atoms with Gasteiger partial charge in [-0.05, 0) is 0 Å². The molecule has 2 rings (SSSR count). The Morgan fingerprint density at radius 1 is 1.75 bits per heavy atom. The third-order valence-corrected chi connectivity index (χ3v) is 1.04. The van der Waals surface area contributed by atoms with Gasteiger partial charge in [0.25, 0.3) is 0 Å². The van der Waals surface area contributed by atoms with E-state index in [9.17, 15) is 0 Å². The van der Waals surface area contributed by atoms with Gasteiger partial charge in [0.1, 0.15) is 13.0 Å². The van der Waals surface area contributed by atoms with Gasteiger partial charge in [0.05, 0.1) is 0 Å². The van der Waals surface area contributed by atoms with E-state index in [0.29, 0.717) is 6.67 Å². The van der Waals surface area contributed by atoms with Crippen molar-refractivity contribution in [1.29, 1.82) is 0 Å². The van der Waals surface area contributed by atoms with Gasteiger partial charge >= 0.3 is 0 Å². The van der Waals surface area contributed by atoms with Gasteiger partial charge in [0.15, 0.2) is 0 Å². The van der Waals surface area contributed by atoms with Crippen molar-refractivity contribution in [2.45, 2.75) is 6.67 Å². The lowest BCUT2D eigenvalue weighted by molar-refractivity contribution is 0.620. The fourth-order valence-corrected chi connectivity index (χ4v) is 0.670. The summed E-state index contributed by atoms with van der Waals surface area (Å²) in [6.07, 6.45) is 1.52. The predicted octanol–water partition coefficient (Wildman–Crippen LogP) is -0.834. The first-order chi connectivity index (χ1) is 3.97. The molecule has 0 aromatic carbocycles. The number of hydrogen-bond donors (Lipinski definition) is 2. The first-order valence-electron chi connectivity index (χ1n) is 2.33. The van der Waals surface area contributed by atoms with E-state index in [4.69, 9.17) is 0 Å². The molecule has 0 atom stereocenters. The van der Waals surface area contributed by atoms with Gasteiger partial charge in [0.2, 0.25) is 5.95 Å². The first-order valence-corrected chi connectivity index (χ1v) is 2.33. The van der Waals surface area contributed by atoms with Gasteiger partial charge < -0.3 is 0 Å². The van der Waals surface area contributed by atoms with Crippen LogP contribution in [0, 0.1) is 0 Å². The zero-order valence-corrected chi connectivity index (χ0v) is 4.13. The highest BCUT2D eigenvalue weighted by molar-refractivity contribution is 5.23. The van der Waals surface area contributed by atoms with E-state index in [1.807, 2.05) is 0 Å². The molecule has 2 heterocycles. The van der Waals surface area contributed by atoms with Gasteiger partial charge in [-0.1, -0.05) is 0 Å². The number of nitrogens with one attached hydrogen (secondary N) is 2. The Balaban J connectivity index is 2.54. The van der Waals surface area contributed by atoms with E-state index in [1.54, 1.807) is 4.68 Å². The second-order valence-electron chi connectivity index (χ2n) is 1.54. The Kier molecular flexibility index (Phi) is 0.574. The van der Waals surface area contributed by atoms with E-state index in [-0.39, 0.29) is 0 Å². The molecular weight excluding hydrogens is 106 g/mol. The topological polar surface area (TPSA) is 54.8 Å². The Morgan fingerprint density at radius 2 is 2.75 bits per heavy atom. The molecule has 0 radical (unpaired) electrons. The zero-order valence-electron chi connectivity index (χ0n) is 4.13. The molecule has 8 heavy (non-hydrogen) atoms. The Bertz CT molecular complexity index is 173. The van der Waals surface area contributed by atoms with Crippen molar-refractivity contribution in [3.8, 4) is 0 Å². The van der Waals surface area contributed by atoms with Crippen molar-refractivity contribution >= 4 is 5.95 Å². The highest BCUT2D eigenvalue weighted by Gasteiger charge is 2.07. The van der Waals surface area contributed by atoms with Crippen LogP contribution in [-0.4, -0.2) is 14.8 Å². The molecule has 0 unspecified atom stereocenters. The second-order valence-corrected chi connectivity index (χ2v) is 1.54. The maximum Gasteiger partial charge on any atom is 0.237 e. The average Bonchev–Trinajstić information content (AvgIpc) is 2.15. The number of aromatic nitrogens is 3. The minimum Gasteiger partial charge on any atom is -0.288 e. The highest BCUT2D eigenvalue weighted by atomic mass is 15.6. The number of nitrogens with zero attached hydrogens (tertiary/aromatic N) is 3. The molecule has 1 aromatic rings. The molecule has 0 bridgehead atoms. The van der Waals surface area contributed by atoms with Crippen molar-refractivity contribution in [3.63, 3.8) is 0 Å². The van der Waals surface area contributed by atoms with Gasteiger partial charge in [-0.15, -0.1) is 0 Å². The molecule has 0 fully saturated rings. The van der Waals surface area contributed by atoms with E-state index in [2.05, 4.69) is 20.9 Å². The fraction of sp³-hybridized carbons (Fsp3) is 0.333. The van der Waals surface area contributed by atoms with Crippen molar-refractivity contribution < 1.29 is 0 Å². The van der Waals surface area contributed by atoms with Gasteiger partial charge in [-0.2, -0.15) is 10.1 Å². The third kappa shape index (κ3) is 0.336. The van der Waals surface area contributed by atoms with E-state index in [1.165, 1.54) is 6.33 Å². The maximum atomic E-state index is 3.88. The number of fused-ring (bicyclic) bond motifs is 1. The molecule has 0 saturated heterocycles. The lowest BCUT2D eigenvalue weighted by atomic mass is 11.0. The first kappa shape index (κ1) is 3.85. The number of hydrogen-bond acceptors (Lipinski definition) is 4. The maximum absolute atomic E-state index is 3.88. The molecule has 2 N–H and O–H groups in total. The molecule has 5 nitrogen and oxygen atoms in total. The molecular formula is C3H5N5. The van der Waals surface area contributed by atoms with Crippen LogP contribution in [0.1, 0.15) is 0 Å². The summed E-state index contributed by atoms with van der Waals surface area (Å²) in [5.41, 5.74) is 5.68. The summed E-state index contributed by atoms with van der Waals surface area (Å²) in [7, 11) is 0. The lowest BCUT2D eigenvalue weighted by Gasteiger charge is -1.84. The average molecular weight is 111 g/mol. The monoisotopic (exact) mass is 111 g/mol. The van der Waals surface area contributed by atoms with Crippen LogP contribution in [0.3, 0.4) is 0 Å². The van der Waals surface area contributed by atoms with Crippen molar-refractivity contribution in [3.05, 3.63) is 6.33 Å². The molecule has 42 valence electrons. The minimum atomic E-state index is 0.704. The zero-order chi connectivity index (χ0) is 5.40. The van der Waals surface area contributed by atoms with Crippen LogP contribution >= 0.6 is 0 Å². The van der Waals surface area contributed by atoms with Crippen molar-refractivity contribution in [2.75, 3.05) is 5.43 Å². The quantitative estimate of drug-likeness (QED) is 0.458. The van der Waals surface area contributed by atoms with Crippen LogP contribution in [0.5, 0.6) is 0 Å².